The van der Waals surface area contributed by atoms with Crippen molar-refractivity contribution in [3.63, 3.8) is 0 Å². The number of nitrogens with one attached hydrogen (secondary N) is 1. The number of amides is 1. The van der Waals surface area contributed by atoms with Crippen molar-refractivity contribution in [3.05, 3.63) is 75.3 Å². The predicted octanol–water partition coefficient (Wildman–Crippen LogP) is 3.07. The van der Waals surface area contributed by atoms with Crippen LogP contribution in [0, 0.1) is 17.0 Å². The minimum Gasteiger partial charge on any atom is -0.303 e. The highest BCUT2D eigenvalue weighted by atomic mass is 32.2. The van der Waals surface area contributed by atoms with E-state index < -0.39 is 4.92 Å². The number of aryl methyl sites for hydroxylation is 1. The molecule has 1 amide bonds. The predicted molar refractivity (Wildman–Crippen MR) is 103 cm³/mol. The number of nitro groups is 1. The fourth-order valence-corrected chi connectivity index (χ4v) is 3.36. The number of hydrogen-bond donors (Lipinski definition) is 1. The Kier molecular flexibility index (Phi) is 5.43. The molecule has 8 heteroatoms. The van der Waals surface area contributed by atoms with Crippen molar-refractivity contribution in [1.29, 1.82) is 0 Å². The quantitative estimate of drug-likeness (QED) is 0.498. The standard InChI is InChI=1S/C18H16N4O3S/c1-12-5-7-13(8-6-12)10-16-17(23)20-18(26-16)21-19-11-14-3-2-4-15(9-14)22(24)25/h2-9,11,16H,10H2,1H3,(H,20,21,23)/b19-11+. The lowest BCUT2D eigenvalue weighted by molar-refractivity contribution is -0.384. The number of carbonyl (C=O) groups excluding carboxylic acids is 1. The van der Waals surface area contributed by atoms with Gasteiger partial charge in [0.15, 0.2) is 5.17 Å². The molecular formula is C18H16N4O3S. The fraction of sp³-hybridized carbons (Fsp3) is 0.167. The lowest BCUT2D eigenvalue weighted by Crippen LogP contribution is -2.25. The second kappa shape index (κ2) is 7.92. The second-order valence-corrected chi connectivity index (χ2v) is 6.98. The van der Waals surface area contributed by atoms with Crippen molar-refractivity contribution in [3.8, 4) is 0 Å². The molecule has 1 N–H and O–H groups in total. The van der Waals surface area contributed by atoms with Gasteiger partial charge in [0.25, 0.3) is 5.69 Å². The van der Waals surface area contributed by atoms with E-state index in [4.69, 9.17) is 0 Å². The molecule has 1 unspecified atom stereocenters. The number of rotatable bonds is 5. The molecule has 1 aliphatic heterocycles. The summed E-state index contributed by atoms with van der Waals surface area (Å²) in [6.45, 7) is 2.02. The SMILES string of the molecule is Cc1ccc(CC2S/C(=N/N=C/c3cccc([N+](=O)[O-])c3)NC2=O)cc1. The highest BCUT2D eigenvalue weighted by molar-refractivity contribution is 8.15. The number of hydrogen-bond acceptors (Lipinski definition) is 6. The van der Waals surface area contributed by atoms with Gasteiger partial charge in [-0.05, 0) is 18.9 Å². The molecule has 1 saturated heterocycles. The number of amidine groups is 1. The zero-order valence-electron chi connectivity index (χ0n) is 14.0. The molecule has 26 heavy (non-hydrogen) atoms. The number of thioether (sulfide) groups is 1. The van der Waals surface area contributed by atoms with Gasteiger partial charge in [0.1, 0.15) is 0 Å². The Hall–Kier alpha value is -3.00. The summed E-state index contributed by atoms with van der Waals surface area (Å²) in [5.41, 5.74) is 2.82. The van der Waals surface area contributed by atoms with E-state index in [1.165, 1.54) is 35.7 Å². The molecule has 1 atom stereocenters. The van der Waals surface area contributed by atoms with Gasteiger partial charge in [-0.1, -0.05) is 53.7 Å². The van der Waals surface area contributed by atoms with Crippen molar-refractivity contribution in [2.75, 3.05) is 0 Å². The molecule has 2 aromatic carbocycles. The first-order valence-electron chi connectivity index (χ1n) is 7.90. The summed E-state index contributed by atoms with van der Waals surface area (Å²) in [7, 11) is 0. The van der Waals surface area contributed by atoms with Crippen LogP contribution in [0.2, 0.25) is 0 Å². The Balaban J connectivity index is 1.63. The third-order valence-corrected chi connectivity index (χ3v) is 4.83. The van der Waals surface area contributed by atoms with Crippen LogP contribution in [0.5, 0.6) is 0 Å². The van der Waals surface area contributed by atoms with Crippen molar-refractivity contribution in [2.24, 2.45) is 10.2 Å². The van der Waals surface area contributed by atoms with E-state index in [-0.39, 0.29) is 16.8 Å². The maximum atomic E-state index is 12.1. The smallest absolute Gasteiger partial charge is 0.270 e. The molecule has 0 bridgehead atoms. The molecule has 0 aliphatic carbocycles. The van der Waals surface area contributed by atoms with Gasteiger partial charge in [-0.15, -0.1) is 5.10 Å². The van der Waals surface area contributed by atoms with Crippen molar-refractivity contribution in [1.82, 2.24) is 5.32 Å². The van der Waals surface area contributed by atoms with Crippen molar-refractivity contribution in [2.45, 2.75) is 18.6 Å². The topological polar surface area (TPSA) is 97.0 Å². The molecule has 7 nitrogen and oxygen atoms in total. The maximum absolute atomic E-state index is 12.1. The first-order chi connectivity index (χ1) is 12.5. The van der Waals surface area contributed by atoms with Gasteiger partial charge >= 0.3 is 0 Å². The monoisotopic (exact) mass is 368 g/mol. The first-order valence-corrected chi connectivity index (χ1v) is 8.78. The maximum Gasteiger partial charge on any atom is 0.270 e. The molecule has 3 rings (SSSR count). The average Bonchev–Trinajstić information content (AvgIpc) is 2.97. The lowest BCUT2D eigenvalue weighted by Gasteiger charge is -2.05. The van der Waals surface area contributed by atoms with Gasteiger partial charge in [-0.25, -0.2) is 0 Å². The zero-order valence-corrected chi connectivity index (χ0v) is 14.8. The molecule has 132 valence electrons. The molecule has 0 radical (unpaired) electrons. The summed E-state index contributed by atoms with van der Waals surface area (Å²) in [5.74, 6) is -0.0973. The summed E-state index contributed by atoms with van der Waals surface area (Å²) in [6, 6.07) is 14.2. The van der Waals surface area contributed by atoms with Crippen LogP contribution in [0.1, 0.15) is 16.7 Å². The molecular weight excluding hydrogens is 352 g/mol. The Labute approximate surface area is 154 Å². The summed E-state index contributed by atoms with van der Waals surface area (Å²) < 4.78 is 0. The van der Waals surface area contributed by atoms with E-state index in [1.807, 2.05) is 31.2 Å². The second-order valence-electron chi connectivity index (χ2n) is 5.79. The average molecular weight is 368 g/mol. The highest BCUT2D eigenvalue weighted by Gasteiger charge is 2.30. The first kappa shape index (κ1) is 17.8. The minimum atomic E-state index is -0.466. The highest BCUT2D eigenvalue weighted by Crippen LogP contribution is 2.23. The van der Waals surface area contributed by atoms with E-state index in [0.717, 1.165) is 5.56 Å². The van der Waals surface area contributed by atoms with Gasteiger partial charge in [-0.3, -0.25) is 14.9 Å². The van der Waals surface area contributed by atoms with Crippen LogP contribution in [0.3, 0.4) is 0 Å². The van der Waals surface area contributed by atoms with Crippen LogP contribution in [0.4, 0.5) is 5.69 Å². The molecule has 0 spiro atoms. The van der Waals surface area contributed by atoms with E-state index in [9.17, 15) is 14.9 Å². The van der Waals surface area contributed by atoms with Crippen molar-refractivity contribution < 1.29 is 9.72 Å². The normalized spacial score (nSPS) is 18.4. The van der Waals surface area contributed by atoms with Crippen LogP contribution in [-0.2, 0) is 11.2 Å². The Morgan fingerprint density at radius 1 is 1.27 bits per heavy atom. The van der Waals surface area contributed by atoms with Crippen LogP contribution < -0.4 is 5.32 Å². The molecule has 2 aromatic rings. The van der Waals surface area contributed by atoms with E-state index in [0.29, 0.717) is 17.2 Å². The Morgan fingerprint density at radius 2 is 2.04 bits per heavy atom. The Morgan fingerprint density at radius 3 is 2.77 bits per heavy atom. The third-order valence-electron chi connectivity index (χ3n) is 3.75. The van der Waals surface area contributed by atoms with Gasteiger partial charge in [-0.2, -0.15) is 5.10 Å². The number of non-ortho nitro benzene ring substituents is 1. The number of nitrogens with zero attached hydrogens (tertiary/aromatic N) is 3. The van der Waals surface area contributed by atoms with Crippen LogP contribution >= 0.6 is 11.8 Å². The number of nitro benzene ring substituents is 1. The molecule has 1 heterocycles. The summed E-state index contributed by atoms with van der Waals surface area (Å²) in [6.07, 6.45) is 2.03. The Bertz CT molecular complexity index is 894. The fourth-order valence-electron chi connectivity index (χ4n) is 2.39. The summed E-state index contributed by atoms with van der Waals surface area (Å²) in [5, 5.41) is 21.6. The molecule has 0 aromatic heterocycles. The summed E-state index contributed by atoms with van der Waals surface area (Å²) in [4.78, 5) is 22.4. The van der Waals surface area contributed by atoms with Gasteiger partial charge in [0, 0.05) is 17.7 Å². The van der Waals surface area contributed by atoms with Gasteiger partial charge < -0.3 is 5.32 Å². The molecule has 0 saturated carbocycles. The number of carbonyl (C=O) groups is 1. The third kappa shape index (κ3) is 4.54. The van der Waals surface area contributed by atoms with Crippen LogP contribution in [0.25, 0.3) is 0 Å². The number of benzene rings is 2. The minimum absolute atomic E-state index is 0.0108. The van der Waals surface area contributed by atoms with Crippen molar-refractivity contribution >= 4 is 34.7 Å². The van der Waals surface area contributed by atoms with E-state index >= 15 is 0 Å². The summed E-state index contributed by atoms with van der Waals surface area (Å²) >= 11 is 1.33. The van der Waals surface area contributed by atoms with Crippen LogP contribution in [-0.4, -0.2) is 27.5 Å². The van der Waals surface area contributed by atoms with Gasteiger partial charge in [0.2, 0.25) is 5.91 Å². The van der Waals surface area contributed by atoms with E-state index in [1.54, 1.807) is 12.1 Å². The van der Waals surface area contributed by atoms with E-state index in [2.05, 4.69) is 15.5 Å². The lowest BCUT2D eigenvalue weighted by atomic mass is 10.1. The van der Waals surface area contributed by atoms with Crippen LogP contribution in [0.15, 0.2) is 58.7 Å². The zero-order chi connectivity index (χ0) is 18.5. The molecule has 1 fully saturated rings. The largest absolute Gasteiger partial charge is 0.303 e. The van der Waals surface area contributed by atoms with Gasteiger partial charge in [0.05, 0.1) is 16.4 Å². The molecule has 1 aliphatic rings.